The lowest BCUT2D eigenvalue weighted by molar-refractivity contribution is -0.308. The number of furan rings is 1. The monoisotopic (exact) mass is 432 g/mol. The van der Waals surface area contributed by atoms with Crippen molar-refractivity contribution in [2.24, 2.45) is 0 Å². The molecule has 7 heteroatoms. The van der Waals surface area contributed by atoms with E-state index in [1.54, 1.807) is 36.6 Å². The predicted molar refractivity (Wildman–Crippen MR) is 117 cm³/mol. The Morgan fingerprint density at radius 2 is 1.81 bits per heavy atom. The number of carbonyl (C=O) groups is 2. The Kier molecular flexibility index (Phi) is 5.81. The third-order valence-corrected chi connectivity index (χ3v) is 5.68. The zero-order valence-corrected chi connectivity index (χ0v) is 17.8. The van der Waals surface area contributed by atoms with E-state index in [1.807, 2.05) is 26.0 Å². The van der Waals surface area contributed by atoms with E-state index in [2.05, 4.69) is 5.32 Å². The molecule has 0 fully saturated rings. The summed E-state index contributed by atoms with van der Waals surface area (Å²) < 4.78 is 10.9. The fourth-order valence-corrected chi connectivity index (χ4v) is 3.87. The van der Waals surface area contributed by atoms with Crippen molar-refractivity contribution in [3.8, 4) is 0 Å². The normalized spacial score (nSPS) is 12.2. The SMILES string of the molecule is Cc1coc2cc3oc(=O)c(CCC(=O)N[C@@H](Cc4ccccc4)C(=O)[O-])c(C)c3cc12. The van der Waals surface area contributed by atoms with Gasteiger partial charge in [-0.05, 0) is 49.4 Å². The van der Waals surface area contributed by atoms with Crippen LogP contribution >= 0.6 is 0 Å². The fraction of sp³-hybridized carbons (Fsp3) is 0.240. The lowest BCUT2D eigenvalue weighted by Gasteiger charge is -2.20. The van der Waals surface area contributed by atoms with Crippen LogP contribution in [0.5, 0.6) is 0 Å². The van der Waals surface area contributed by atoms with Crippen molar-refractivity contribution in [2.45, 2.75) is 39.2 Å². The van der Waals surface area contributed by atoms with Gasteiger partial charge < -0.3 is 24.1 Å². The number of hydrogen-bond acceptors (Lipinski definition) is 6. The largest absolute Gasteiger partial charge is 0.548 e. The third-order valence-electron chi connectivity index (χ3n) is 5.68. The minimum Gasteiger partial charge on any atom is -0.548 e. The summed E-state index contributed by atoms with van der Waals surface area (Å²) in [4.78, 5) is 36.5. The Morgan fingerprint density at radius 3 is 2.53 bits per heavy atom. The summed E-state index contributed by atoms with van der Waals surface area (Å²) in [6.07, 6.45) is 1.84. The summed E-state index contributed by atoms with van der Waals surface area (Å²) in [5, 5.41) is 15.7. The molecule has 2 aromatic carbocycles. The zero-order valence-electron chi connectivity index (χ0n) is 17.8. The molecule has 4 aromatic rings. The molecule has 0 aliphatic heterocycles. The molecular formula is C25H22NO6-. The van der Waals surface area contributed by atoms with Crippen LogP contribution in [0.2, 0.25) is 0 Å². The second-order valence-corrected chi connectivity index (χ2v) is 7.89. The smallest absolute Gasteiger partial charge is 0.339 e. The van der Waals surface area contributed by atoms with Crippen LogP contribution in [0.4, 0.5) is 0 Å². The molecule has 4 rings (SSSR count). The number of aliphatic carboxylic acids is 1. The highest BCUT2D eigenvalue weighted by molar-refractivity contribution is 5.96. The summed E-state index contributed by atoms with van der Waals surface area (Å²) in [6, 6.07) is 11.4. The van der Waals surface area contributed by atoms with E-state index in [0.717, 1.165) is 27.5 Å². The molecule has 0 spiro atoms. The third kappa shape index (κ3) is 4.27. The molecule has 0 aliphatic carbocycles. The highest BCUT2D eigenvalue weighted by Crippen LogP contribution is 2.29. The predicted octanol–water partition coefficient (Wildman–Crippen LogP) is 2.57. The molecule has 0 saturated carbocycles. The first-order valence-electron chi connectivity index (χ1n) is 10.3. The molecule has 2 heterocycles. The minimum absolute atomic E-state index is 0.0529. The van der Waals surface area contributed by atoms with Gasteiger partial charge in [-0.25, -0.2) is 4.79 Å². The average Bonchev–Trinajstić information content (AvgIpc) is 3.12. The molecule has 2 aromatic heterocycles. The molecule has 0 saturated heterocycles. The summed E-state index contributed by atoms with van der Waals surface area (Å²) in [6.45, 7) is 3.74. The Morgan fingerprint density at radius 1 is 1.06 bits per heavy atom. The maximum absolute atomic E-state index is 12.5. The molecule has 1 N–H and O–H groups in total. The number of carbonyl (C=O) groups excluding carboxylic acids is 2. The van der Waals surface area contributed by atoms with Crippen LogP contribution in [0.15, 0.2) is 62.4 Å². The van der Waals surface area contributed by atoms with E-state index >= 15 is 0 Å². The molecular weight excluding hydrogens is 410 g/mol. The van der Waals surface area contributed by atoms with Crippen molar-refractivity contribution in [2.75, 3.05) is 0 Å². The van der Waals surface area contributed by atoms with E-state index in [1.165, 1.54) is 0 Å². The first kappa shape index (κ1) is 21.4. The molecule has 1 atom stereocenters. The Balaban J connectivity index is 1.52. The van der Waals surface area contributed by atoms with Gasteiger partial charge in [0.15, 0.2) is 0 Å². The van der Waals surface area contributed by atoms with Crippen molar-refractivity contribution >= 4 is 33.8 Å². The summed E-state index contributed by atoms with van der Waals surface area (Å²) >= 11 is 0. The molecule has 0 aliphatic rings. The van der Waals surface area contributed by atoms with Gasteiger partial charge in [0, 0.05) is 28.8 Å². The van der Waals surface area contributed by atoms with Crippen molar-refractivity contribution < 1.29 is 23.5 Å². The summed E-state index contributed by atoms with van der Waals surface area (Å²) in [5.74, 6) is -1.83. The van der Waals surface area contributed by atoms with E-state index in [4.69, 9.17) is 8.83 Å². The first-order valence-corrected chi connectivity index (χ1v) is 10.3. The number of carboxylic acids is 1. The molecule has 32 heavy (non-hydrogen) atoms. The minimum atomic E-state index is -1.36. The summed E-state index contributed by atoms with van der Waals surface area (Å²) in [5.41, 5.74) is 3.40. The topological polar surface area (TPSA) is 113 Å². The van der Waals surface area contributed by atoms with Crippen molar-refractivity contribution in [1.29, 1.82) is 0 Å². The maximum atomic E-state index is 12.5. The lowest BCUT2D eigenvalue weighted by atomic mass is 10.0. The Bertz CT molecular complexity index is 1370. The van der Waals surface area contributed by atoms with Gasteiger partial charge in [0.2, 0.25) is 5.91 Å². The van der Waals surface area contributed by atoms with Gasteiger partial charge in [-0.15, -0.1) is 0 Å². The second kappa shape index (κ2) is 8.70. The second-order valence-electron chi connectivity index (χ2n) is 7.89. The van der Waals surface area contributed by atoms with Gasteiger partial charge in [0.05, 0.1) is 18.3 Å². The van der Waals surface area contributed by atoms with Crippen molar-refractivity contribution in [3.05, 3.63) is 81.4 Å². The van der Waals surface area contributed by atoms with Crippen LogP contribution in [0.3, 0.4) is 0 Å². The lowest BCUT2D eigenvalue weighted by Crippen LogP contribution is -2.49. The number of carboxylic acid groups (broad SMARTS) is 1. The Labute approximate surface area is 183 Å². The number of nitrogens with one attached hydrogen (secondary N) is 1. The van der Waals surface area contributed by atoms with E-state index in [0.29, 0.717) is 16.7 Å². The maximum Gasteiger partial charge on any atom is 0.339 e. The zero-order chi connectivity index (χ0) is 22.8. The van der Waals surface area contributed by atoms with Gasteiger partial charge in [0.25, 0.3) is 0 Å². The molecule has 0 radical (unpaired) electrons. The van der Waals surface area contributed by atoms with Gasteiger partial charge in [-0.3, -0.25) is 4.79 Å². The number of benzene rings is 2. The van der Waals surface area contributed by atoms with Crippen LogP contribution in [0, 0.1) is 13.8 Å². The van der Waals surface area contributed by atoms with Gasteiger partial charge in [-0.1, -0.05) is 30.3 Å². The number of rotatable bonds is 7. The molecule has 164 valence electrons. The van der Waals surface area contributed by atoms with E-state index in [-0.39, 0.29) is 19.3 Å². The van der Waals surface area contributed by atoms with Crippen LogP contribution in [-0.2, 0) is 22.4 Å². The van der Waals surface area contributed by atoms with Crippen LogP contribution in [0.1, 0.15) is 28.7 Å². The highest BCUT2D eigenvalue weighted by Gasteiger charge is 2.18. The van der Waals surface area contributed by atoms with Crippen LogP contribution < -0.4 is 16.0 Å². The van der Waals surface area contributed by atoms with E-state index < -0.39 is 23.5 Å². The Hall–Kier alpha value is -3.87. The average molecular weight is 432 g/mol. The fourth-order valence-electron chi connectivity index (χ4n) is 3.87. The number of hydrogen-bond donors (Lipinski definition) is 1. The highest BCUT2D eigenvalue weighted by atomic mass is 16.4. The molecule has 0 unspecified atom stereocenters. The number of fused-ring (bicyclic) bond motifs is 2. The van der Waals surface area contributed by atoms with E-state index in [9.17, 15) is 19.5 Å². The van der Waals surface area contributed by atoms with Gasteiger partial charge in [0.1, 0.15) is 11.2 Å². The number of amides is 1. The quantitative estimate of drug-likeness (QED) is 0.449. The molecule has 1 amide bonds. The standard InChI is InChI=1S/C25H23NO6/c1-14-13-31-21-12-22-19(11-18(14)21)15(2)17(25(30)32-22)8-9-23(27)26-20(24(28)29)10-16-6-4-3-5-7-16/h3-7,11-13,20H,8-10H2,1-2H3,(H,26,27)(H,28,29)/p-1/t20-/m0/s1. The molecule has 7 nitrogen and oxygen atoms in total. The van der Waals surface area contributed by atoms with Gasteiger partial charge >= 0.3 is 5.63 Å². The number of aryl methyl sites for hydroxylation is 2. The van der Waals surface area contributed by atoms with Crippen molar-refractivity contribution in [3.63, 3.8) is 0 Å². The first-order chi connectivity index (χ1) is 15.3. The van der Waals surface area contributed by atoms with Gasteiger partial charge in [-0.2, -0.15) is 0 Å². The summed E-state index contributed by atoms with van der Waals surface area (Å²) in [7, 11) is 0. The van der Waals surface area contributed by atoms with Crippen LogP contribution in [0.25, 0.3) is 21.9 Å². The van der Waals surface area contributed by atoms with Crippen molar-refractivity contribution in [1.82, 2.24) is 5.32 Å². The van der Waals surface area contributed by atoms with Crippen LogP contribution in [-0.4, -0.2) is 17.9 Å². The molecule has 0 bridgehead atoms.